The second-order valence-electron chi connectivity index (χ2n) is 5.44. The van der Waals surface area contributed by atoms with Crippen LogP contribution in [0, 0.1) is 0 Å². The molecule has 0 aromatic carbocycles. The molecule has 0 spiro atoms. The van der Waals surface area contributed by atoms with E-state index in [1.54, 1.807) is 0 Å². The Kier molecular flexibility index (Phi) is 6.07. The van der Waals surface area contributed by atoms with E-state index in [9.17, 15) is 4.79 Å². The molecule has 0 atom stereocenters. The van der Waals surface area contributed by atoms with Crippen LogP contribution < -0.4 is 0 Å². The van der Waals surface area contributed by atoms with Crippen molar-refractivity contribution in [1.82, 2.24) is 9.80 Å². The number of morpholine rings is 1. The fourth-order valence-corrected chi connectivity index (χ4v) is 2.76. The number of nitrogens with zero attached hydrogens (tertiary/aromatic N) is 2. The van der Waals surface area contributed by atoms with E-state index in [0.29, 0.717) is 25.7 Å². The summed E-state index contributed by atoms with van der Waals surface area (Å²) in [5, 5.41) is 9.09. The van der Waals surface area contributed by atoms with Crippen molar-refractivity contribution in [2.75, 3.05) is 46.0 Å². The second-order valence-corrected chi connectivity index (χ2v) is 5.44. The van der Waals surface area contributed by atoms with E-state index in [1.807, 2.05) is 4.90 Å². The van der Waals surface area contributed by atoms with E-state index < -0.39 is 0 Å². The van der Waals surface area contributed by atoms with Crippen molar-refractivity contribution in [3.8, 4) is 0 Å². The molecule has 1 N–H and O–H groups in total. The van der Waals surface area contributed by atoms with Crippen LogP contribution in [0.1, 0.15) is 32.1 Å². The van der Waals surface area contributed by atoms with Gasteiger partial charge in [-0.05, 0) is 25.8 Å². The van der Waals surface area contributed by atoms with Crippen molar-refractivity contribution in [3.05, 3.63) is 0 Å². The molecule has 2 fully saturated rings. The predicted octanol–water partition coefficient (Wildman–Crippen LogP) is 0.472. The Morgan fingerprint density at radius 3 is 2.58 bits per heavy atom. The van der Waals surface area contributed by atoms with Gasteiger partial charge in [-0.3, -0.25) is 9.69 Å². The molecule has 1 heterocycles. The summed E-state index contributed by atoms with van der Waals surface area (Å²) in [4.78, 5) is 16.2. The summed E-state index contributed by atoms with van der Waals surface area (Å²) in [5.74, 6) is 0.251. The minimum Gasteiger partial charge on any atom is -0.395 e. The van der Waals surface area contributed by atoms with Crippen LogP contribution in [-0.2, 0) is 9.53 Å². The molecule has 1 aliphatic carbocycles. The molecule has 0 aromatic rings. The number of ether oxygens (including phenoxy) is 1. The van der Waals surface area contributed by atoms with E-state index in [0.717, 1.165) is 32.6 Å². The first kappa shape index (κ1) is 14.8. The summed E-state index contributed by atoms with van der Waals surface area (Å²) in [7, 11) is 0. The zero-order valence-corrected chi connectivity index (χ0v) is 11.7. The van der Waals surface area contributed by atoms with Gasteiger partial charge in [0.25, 0.3) is 0 Å². The number of carbonyl (C=O) groups is 1. The molecule has 2 rings (SSSR count). The summed E-state index contributed by atoms with van der Waals surface area (Å²) >= 11 is 0. The molecular weight excluding hydrogens is 244 g/mol. The minimum atomic E-state index is 0.216. The maximum absolute atomic E-state index is 12.0. The van der Waals surface area contributed by atoms with Gasteiger partial charge in [0.05, 0.1) is 19.8 Å². The summed E-state index contributed by atoms with van der Waals surface area (Å²) in [5.41, 5.74) is 0. The van der Waals surface area contributed by atoms with Gasteiger partial charge in [-0.1, -0.05) is 6.42 Å². The molecule has 1 amide bonds. The fourth-order valence-electron chi connectivity index (χ4n) is 2.76. The lowest BCUT2D eigenvalue weighted by atomic mass is 9.91. The van der Waals surface area contributed by atoms with Gasteiger partial charge in [0.2, 0.25) is 5.91 Å². The number of carbonyl (C=O) groups excluding carboxylic acids is 1. The highest BCUT2D eigenvalue weighted by atomic mass is 16.5. The topological polar surface area (TPSA) is 53.0 Å². The molecule has 19 heavy (non-hydrogen) atoms. The van der Waals surface area contributed by atoms with E-state index in [-0.39, 0.29) is 12.5 Å². The first-order valence-corrected chi connectivity index (χ1v) is 7.51. The summed E-state index contributed by atoms with van der Waals surface area (Å²) < 4.78 is 5.25. The average molecular weight is 270 g/mol. The molecule has 110 valence electrons. The third-order valence-electron chi connectivity index (χ3n) is 4.18. The van der Waals surface area contributed by atoms with Crippen LogP contribution in [0.5, 0.6) is 0 Å². The van der Waals surface area contributed by atoms with Gasteiger partial charge in [0.1, 0.15) is 0 Å². The molecule has 0 aromatic heterocycles. The standard InChI is InChI=1S/C14H26N2O3/c17-10-7-15(13-3-1-4-13)6-2-5-14(18)16-8-11-19-12-9-16/h13,17H,1-12H2. The number of hydrogen-bond acceptors (Lipinski definition) is 4. The highest BCUT2D eigenvalue weighted by Crippen LogP contribution is 2.24. The van der Waals surface area contributed by atoms with Crippen LogP contribution in [0.25, 0.3) is 0 Å². The number of hydrogen-bond donors (Lipinski definition) is 1. The molecular formula is C14H26N2O3. The van der Waals surface area contributed by atoms with Crippen LogP contribution in [0.3, 0.4) is 0 Å². The maximum Gasteiger partial charge on any atom is 0.222 e. The summed E-state index contributed by atoms with van der Waals surface area (Å²) in [6, 6.07) is 0.644. The predicted molar refractivity (Wildman–Crippen MR) is 72.9 cm³/mol. The number of aliphatic hydroxyl groups is 1. The summed E-state index contributed by atoms with van der Waals surface area (Å²) in [6.07, 6.45) is 5.31. The smallest absolute Gasteiger partial charge is 0.222 e. The SMILES string of the molecule is O=C(CCCN(CCO)C1CCC1)N1CCOCC1. The lowest BCUT2D eigenvalue weighted by Crippen LogP contribution is -2.43. The Bertz CT molecular complexity index is 276. The molecule has 1 aliphatic heterocycles. The minimum absolute atomic E-state index is 0.216. The fraction of sp³-hybridized carbons (Fsp3) is 0.929. The van der Waals surface area contributed by atoms with Crippen molar-refractivity contribution in [3.63, 3.8) is 0 Å². The Balaban J connectivity index is 1.64. The third kappa shape index (κ3) is 4.44. The van der Waals surface area contributed by atoms with Gasteiger partial charge in [0, 0.05) is 32.1 Å². The number of aliphatic hydroxyl groups excluding tert-OH is 1. The lowest BCUT2D eigenvalue weighted by Gasteiger charge is -2.37. The molecule has 5 nitrogen and oxygen atoms in total. The molecule has 5 heteroatoms. The molecule has 0 unspecified atom stereocenters. The van der Waals surface area contributed by atoms with Gasteiger partial charge in [-0.2, -0.15) is 0 Å². The Morgan fingerprint density at radius 1 is 1.26 bits per heavy atom. The van der Waals surface area contributed by atoms with Crippen LogP contribution in [-0.4, -0.2) is 72.9 Å². The van der Waals surface area contributed by atoms with Crippen LogP contribution >= 0.6 is 0 Å². The van der Waals surface area contributed by atoms with E-state index in [2.05, 4.69) is 4.90 Å². The molecule has 1 saturated carbocycles. The van der Waals surface area contributed by atoms with Crippen molar-refractivity contribution < 1.29 is 14.6 Å². The van der Waals surface area contributed by atoms with Gasteiger partial charge in [-0.15, -0.1) is 0 Å². The molecule has 1 saturated heterocycles. The normalized spacial score (nSPS) is 20.6. The van der Waals surface area contributed by atoms with Crippen LogP contribution in [0.4, 0.5) is 0 Å². The highest BCUT2D eigenvalue weighted by Gasteiger charge is 2.24. The Labute approximate surface area is 115 Å². The third-order valence-corrected chi connectivity index (χ3v) is 4.18. The summed E-state index contributed by atoms with van der Waals surface area (Å²) in [6.45, 7) is 4.71. The van der Waals surface area contributed by atoms with Crippen molar-refractivity contribution in [2.45, 2.75) is 38.1 Å². The highest BCUT2D eigenvalue weighted by molar-refractivity contribution is 5.76. The zero-order chi connectivity index (χ0) is 13.5. The Hall–Kier alpha value is -0.650. The number of amides is 1. The quantitative estimate of drug-likeness (QED) is 0.731. The van der Waals surface area contributed by atoms with Crippen LogP contribution in [0.15, 0.2) is 0 Å². The van der Waals surface area contributed by atoms with Gasteiger partial charge >= 0.3 is 0 Å². The van der Waals surface area contributed by atoms with Crippen molar-refractivity contribution in [1.29, 1.82) is 0 Å². The molecule has 2 aliphatic rings. The average Bonchev–Trinajstić information content (AvgIpc) is 2.38. The van der Waals surface area contributed by atoms with Gasteiger partial charge in [-0.25, -0.2) is 0 Å². The van der Waals surface area contributed by atoms with Gasteiger partial charge < -0.3 is 14.7 Å². The van der Waals surface area contributed by atoms with E-state index >= 15 is 0 Å². The zero-order valence-electron chi connectivity index (χ0n) is 11.7. The Morgan fingerprint density at radius 2 is 2.00 bits per heavy atom. The first-order valence-electron chi connectivity index (χ1n) is 7.51. The monoisotopic (exact) mass is 270 g/mol. The molecule has 0 radical (unpaired) electrons. The van der Waals surface area contributed by atoms with E-state index in [1.165, 1.54) is 19.3 Å². The van der Waals surface area contributed by atoms with E-state index in [4.69, 9.17) is 9.84 Å². The maximum atomic E-state index is 12.0. The van der Waals surface area contributed by atoms with Crippen LogP contribution in [0.2, 0.25) is 0 Å². The van der Waals surface area contributed by atoms with Gasteiger partial charge in [0.15, 0.2) is 0 Å². The van der Waals surface area contributed by atoms with Crippen molar-refractivity contribution in [2.24, 2.45) is 0 Å². The second kappa shape index (κ2) is 7.82. The molecule has 0 bridgehead atoms. The first-order chi connectivity index (χ1) is 9.31. The van der Waals surface area contributed by atoms with Crippen molar-refractivity contribution >= 4 is 5.91 Å². The largest absolute Gasteiger partial charge is 0.395 e. The lowest BCUT2D eigenvalue weighted by molar-refractivity contribution is -0.135. The number of rotatable bonds is 7.